The molecule has 240 valence electrons. The third-order valence-corrected chi connectivity index (χ3v) is 8.21. The number of benzene rings is 5. The van der Waals surface area contributed by atoms with Crippen LogP contribution in [0.5, 0.6) is 5.75 Å². The molecule has 0 aliphatic heterocycles. The van der Waals surface area contributed by atoms with Gasteiger partial charge in [-0.3, -0.25) is 14.4 Å². The first-order valence-electron chi connectivity index (χ1n) is 15.8. The van der Waals surface area contributed by atoms with Gasteiger partial charge in [-0.1, -0.05) is 103 Å². The minimum atomic E-state index is -0.881. The van der Waals surface area contributed by atoms with Gasteiger partial charge in [0.2, 0.25) is 17.7 Å². The summed E-state index contributed by atoms with van der Waals surface area (Å²) in [5.74, 6) is -1.44. The lowest BCUT2D eigenvalue weighted by molar-refractivity contribution is -0.129. The van der Waals surface area contributed by atoms with Crippen molar-refractivity contribution in [2.75, 3.05) is 6.61 Å². The van der Waals surface area contributed by atoms with Crippen LogP contribution in [0.2, 0.25) is 0 Å². The van der Waals surface area contributed by atoms with Gasteiger partial charge in [0.05, 0.1) is 18.1 Å². The molecule has 0 fully saturated rings. The summed E-state index contributed by atoms with van der Waals surface area (Å²) in [6, 6.07) is 35.0. The Balaban J connectivity index is 1.48. The molecule has 47 heavy (non-hydrogen) atoms. The van der Waals surface area contributed by atoms with Gasteiger partial charge < -0.3 is 26.8 Å². The first-order chi connectivity index (χ1) is 22.9. The highest BCUT2D eigenvalue weighted by atomic mass is 16.5. The largest absolute Gasteiger partial charge is 0.494 e. The van der Waals surface area contributed by atoms with E-state index in [9.17, 15) is 14.4 Å². The Hall–Kier alpha value is -5.47. The molecular weight excluding hydrogens is 588 g/mol. The molecule has 0 aromatic heterocycles. The number of nitrogens with one attached hydrogen (secondary N) is 2. The van der Waals surface area contributed by atoms with Crippen LogP contribution < -0.4 is 26.8 Å². The number of fused-ring (bicyclic) bond motifs is 1. The summed E-state index contributed by atoms with van der Waals surface area (Å²) in [6.07, 6.45) is 0.546. The monoisotopic (exact) mass is 628 g/mol. The third-order valence-electron chi connectivity index (χ3n) is 8.21. The van der Waals surface area contributed by atoms with Crippen LogP contribution in [-0.4, -0.2) is 30.4 Å². The first kappa shape index (κ1) is 32.9. The molecule has 5 aromatic rings. The van der Waals surface area contributed by atoms with E-state index < -0.39 is 17.9 Å². The molecule has 5 aromatic carbocycles. The van der Waals surface area contributed by atoms with E-state index in [4.69, 9.17) is 16.2 Å². The molecule has 0 unspecified atom stereocenters. The normalized spacial score (nSPS) is 12.2. The topological polar surface area (TPSA) is 137 Å². The Bertz CT molecular complexity index is 1820. The van der Waals surface area contributed by atoms with E-state index in [0.29, 0.717) is 29.7 Å². The Morgan fingerprint density at radius 2 is 1.34 bits per heavy atom. The fourth-order valence-corrected chi connectivity index (χ4v) is 5.76. The minimum absolute atomic E-state index is 0.268. The summed E-state index contributed by atoms with van der Waals surface area (Å²) < 4.78 is 5.61. The van der Waals surface area contributed by atoms with Gasteiger partial charge in [0.1, 0.15) is 11.8 Å². The number of nitrogens with two attached hydrogens (primary N) is 2. The number of primary amides is 1. The van der Waals surface area contributed by atoms with Gasteiger partial charge in [0, 0.05) is 19.5 Å². The number of ether oxygens (including phenoxy) is 1. The molecule has 3 amide bonds. The van der Waals surface area contributed by atoms with E-state index in [1.54, 1.807) is 6.07 Å². The van der Waals surface area contributed by atoms with E-state index in [1.165, 1.54) is 0 Å². The summed E-state index contributed by atoms with van der Waals surface area (Å²) in [6.45, 7) is 3.17. The van der Waals surface area contributed by atoms with E-state index >= 15 is 0 Å². The minimum Gasteiger partial charge on any atom is -0.494 e. The van der Waals surface area contributed by atoms with Crippen molar-refractivity contribution >= 4 is 28.5 Å². The molecule has 0 saturated heterocycles. The van der Waals surface area contributed by atoms with Crippen LogP contribution in [0.4, 0.5) is 0 Å². The second-order valence-corrected chi connectivity index (χ2v) is 11.4. The van der Waals surface area contributed by atoms with Crippen molar-refractivity contribution in [3.8, 4) is 5.75 Å². The molecule has 8 heteroatoms. The van der Waals surface area contributed by atoms with Crippen LogP contribution in [0.25, 0.3) is 10.8 Å². The van der Waals surface area contributed by atoms with Crippen molar-refractivity contribution < 1.29 is 19.1 Å². The van der Waals surface area contributed by atoms with Gasteiger partial charge in [-0.25, -0.2) is 0 Å². The highest BCUT2D eigenvalue weighted by Gasteiger charge is 2.30. The second-order valence-electron chi connectivity index (χ2n) is 11.4. The molecule has 8 nitrogen and oxygen atoms in total. The Labute approximate surface area is 275 Å². The summed E-state index contributed by atoms with van der Waals surface area (Å²) in [5, 5.41) is 7.54. The zero-order chi connectivity index (χ0) is 33.2. The SMILES string of the molecule is CCOc1ccc(C[C@@H](C(=O)N[C@@H](Cc2ccccc2)C(=O)NCc2ccc(CN)cc2)c2ccc3ccccc3c2C(N)=O)cc1. The maximum atomic E-state index is 14.4. The highest BCUT2D eigenvalue weighted by Crippen LogP contribution is 2.31. The van der Waals surface area contributed by atoms with Crippen LogP contribution in [0.15, 0.2) is 115 Å². The number of amides is 3. The number of rotatable bonds is 14. The molecule has 0 heterocycles. The molecule has 0 radical (unpaired) electrons. The average Bonchev–Trinajstić information content (AvgIpc) is 3.10. The smallest absolute Gasteiger partial charge is 0.249 e. The average molecular weight is 629 g/mol. The van der Waals surface area contributed by atoms with Crippen LogP contribution in [0.1, 0.15) is 51.0 Å². The summed E-state index contributed by atoms with van der Waals surface area (Å²) in [7, 11) is 0. The molecule has 5 rings (SSSR count). The lowest BCUT2D eigenvalue weighted by atomic mass is 9.85. The number of carbonyl (C=O) groups is 3. The van der Waals surface area contributed by atoms with Gasteiger partial charge in [0.15, 0.2) is 0 Å². The van der Waals surface area contributed by atoms with E-state index in [0.717, 1.165) is 33.4 Å². The van der Waals surface area contributed by atoms with Crippen molar-refractivity contribution in [1.82, 2.24) is 10.6 Å². The fraction of sp³-hybridized carbons (Fsp3) is 0.205. The lowest BCUT2D eigenvalue weighted by Gasteiger charge is -2.25. The highest BCUT2D eigenvalue weighted by molar-refractivity contribution is 6.09. The van der Waals surface area contributed by atoms with Gasteiger partial charge in [-0.2, -0.15) is 0 Å². The number of carbonyl (C=O) groups excluding carboxylic acids is 3. The molecule has 2 atom stereocenters. The summed E-state index contributed by atoms with van der Waals surface area (Å²) in [5.41, 5.74) is 16.2. The Morgan fingerprint density at radius 3 is 2.02 bits per heavy atom. The molecule has 6 N–H and O–H groups in total. The van der Waals surface area contributed by atoms with Gasteiger partial charge in [-0.15, -0.1) is 0 Å². The lowest BCUT2D eigenvalue weighted by Crippen LogP contribution is -2.49. The molecule has 0 saturated carbocycles. The van der Waals surface area contributed by atoms with Crippen LogP contribution >= 0.6 is 0 Å². The van der Waals surface area contributed by atoms with E-state index in [1.807, 2.05) is 116 Å². The van der Waals surface area contributed by atoms with Gasteiger partial charge in [-0.05, 0) is 64.1 Å². The van der Waals surface area contributed by atoms with Crippen molar-refractivity contribution in [3.63, 3.8) is 0 Å². The van der Waals surface area contributed by atoms with Crippen LogP contribution in [0, 0.1) is 0 Å². The number of hydrogen-bond acceptors (Lipinski definition) is 5. The van der Waals surface area contributed by atoms with Gasteiger partial charge in [0.25, 0.3) is 0 Å². The Kier molecular flexibility index (Phi) is 11.0. The predicted molar refractivity (Wildman–Crippen MR) is 185 cm³/mol. The molecule has 0 aliphatic rings. The number of hydrogen-bond donors (Lipinski definition) is 4. The second kappa shape index (κ2) is 15.7. The fourth-order valence-electron chi connectivity index (χ4n) is 5.76. The standard InChI is InChI=1S/C39H40N4O4/c1-2-47-31-19-16-27(17-20-31)22-34(33-21-18-30-10-6-7-11-32(30)36(33)37(41)44)38(45)43-35(23-26-8-4-3-5-9-26)39(46)42-25-29-14-12-28(24-40)13-15-29/h3-21,34-35H,2,22-25,40H2,1H3,(H2,41,44)(H,42,46)(H,43,45)/t34-,35+/m1/s1. The maximum absolute atomic E-state index is 14.4. The quantitative estimate of drug-likeness (QED) is 0.135. The van der Waals surface area contributed by atoms with Crippen LogP contribution in [-0.2, 0) is 35.5 Å². The predicted octanol–water partition coefficient (Wildman–Crippen LogP) is 5.17. The van der Waals surface area contributed by atoms with E-state index in [2.05, 4.69) is 10.6 Å². The zero-order valence-electron chi connectivity index (χ0n) is 26.4. The van der Waals surface area contributed by atoms with Gasteiger partial charge >= 0.3 is 0 Å². The van der Waals surface area contributed by atoms with Crippen molar-refractivity contribution in [3.05, 3.63) is 149 Å². The van der Waals surface area contributed by atoms with E-state index in [-0.39, 0.29) is 31.2 Å². The van der Waals surface area contributed by atoms with Crippen molar-refractivity contribution in [1.29, 1.82) is 0 Å². The molecule has 0 aliphatic carbocycles. The van der Waals surface area contributed by atoms with Crippen molar-refractivity contribution in [2.24, 2.45) is 11.5 Å². The molecular formula is C39H40N4O4. The molecule has 0 spiro atoms. The zero-order valence-corrected chi connectivity index (χ0v) is 26.4. The molecule has 0 bridgehead atoms. The Morgan fingerprint density at radius 1 is 0.702 bits per heavy atom. The summed E-state index contributed by atoms with van der Waals surface area (Å²) >= 11 is 0. The maximum Gasteiger partial charge on any atom is 0.249 e. The summed E-state index contributed by atoms with van der Waals surface area (Å²) in [4.78, 5) is 41.1. The third kappa shape index (κ3) is 8.42. The van der Waals surface area contributed by atoms with Crippen LogP contribution in [0.3, 0.4) is 0 Å². The first-order valence-corrected chi connectivity index (χ1v) is 15.8. The van der Waals surface area contributed by atoms with Crippen molar-refractivity contribution in [2.45, 2.75) is 44.8 Å².